The fourth-order valence-electron chi connectivity index (χ4n) is 2.30. The molecular weight excluding hydrogens is 296 g/mol. The Bertz CT molecular complexity index is 503. The zero-order valence-electron chi connectivity index (χ0n) is 14.0. The Morgan fingerprint density at radius 2 is 1.91 bits per heavy atom. The number of carbonyl (C=O) groups is 2. The second-order valence-corrected chi connectivity index (χ2v) is 6.09. The molecule has 6 nitrogen and oxygen atoms in total. The molecule has 1 amide bonds. The first-order chi connectivity index (χ1) is 10.8. The van der Waals surface area contributed by atoms with Gasteiger partial charge in [-0.25, -0.2) is 9.59 Å². The number of carboxylic acids is 1. The van der Waals surface area contributed by atoms with Gasteiger partial charge in [0.25, 0.3) is 0 Å². The van der Waals surface area contributed by atoms with Crippen LogP contribution in [0.5, 0.6) is 0 Å². The minimum atomic E-state index is -1.05. The lowest BCUT2D eigenvalue weighted by Crippen LogP contribution is -2.46. The van der Waals surface area contributed by atoms with Crippen molar-refractivity contribution in [1.82, 2.24) is 10.6 Å². The lowest BCUT2D eigenvalue weighted by molar-refractivity contribution is -0.139. The molecule has 1 aromatic carbocycles. The normalized spacial score (nSPS) is 12.5. The molecule has 3 N–H and O–H groups in total. The van der Waals surface area contributed by atoms with Crippen molar-refractivity contribution in [1.29, 1.82) is 0 Å². The number of amides is 1. The molecule has 0 radical (unpaired) electrons. The van der Waals surface area contributed by atoms with Gasteiger partial charge in [0, 0.05) is 6.54 Å². The van der Waals surface area contributed by atoms with Crippen molar-refractivity contribution in [2.45, 2.75) is 44.8 Å². The Morgan fingerprint density at radius 3 is 2.48 bits per heavy atom. The number of likely N-dealkylation sites (N-methyl/N-ethyl adjacent to an activating group) is 1. The molecule has 128 valence electrons. The fraction of sp³-hybridized carbons (Fsp3) is 0.529. The second-order valence-electron chi connectivity index (χ2n) is 6.09. The monoisotopic (exact) mass is 322 g/mol. The average molecular weight is 322 g/mol. The second kappa shape index (κ2) is 9.15. The quantitative estimate of drug-likeness (QED) is 0.648. The minimum Gasteiger partial charge on any atom is -0.480 e. The summed E-state index contributed by atoms with van der Waals surface area (Å²) in [6.07, 6.45) is 1.08. The SMILES string of the molecule is CNCC(C)(C)OC(=O)NC(CCCc1ccccc1)C(=O)O. The number of alkyl carbamates (subject to hydrolysis) is 1. The molecule has 0 fully saturated rings. The molecule has 0 heterocycles. The van der Waals surface area contributed by atoms with E-state index in [1.165, 1.54) is 0 Å². The molecule has 0 aliphatic rings. The molecule has 23 heavy (non-hydrogen) atoms. The van der Waals surface area contributed by atoms with E-state index in [0.717, 1.165) is 12.0 Å². The zero-order chi connectivity index (χ0) is 17.3. The molecule has 0 bridgehead atoms. The van der Waals surface area contributed by atoms with E-state index in [0.29, 0.717) is 19.4 Å². The Kier molecular flexibility index (Phi) is 7.54. The van der Waals surface area contributed by atoms with Crippen LogP contribution in [0, 0.1) is 0 Å². The summed E-state index contributed by atoms with van der Waals surface area (Å²) in [5, 5.41) is 14.6. The molecule has 1 atom stereocenters. The van der Waals surface area contributed by atoms with Gasteiger partial charge in [-0.05, 0) is 45.7 Å². The largest absolute Gasteiger partial charge is 0.480 e. The maximum atomic E-state index is 11.9. The van der Waals surface area contributed by atoms with E-state index in [9.17, 15) is 14.7 Å². The van der Waals surface area contributed by atoms with E-state index in [2.05, 4.69) is 10.6 Å². The predicted octanol–water partition coefficient (Wildman–Crippen LogP) is 2.19. The molecule has 0 spiro atoms. The van der Waals surface area contributed by atoms with Crippen LogP contribution in [0.2, 0.25) is 0 Å². The van der Waals surface area contributed by atoms with Gasteiger partial charge in [0.05, 0.1) is 0 Å². The zero-order valence-corrected chi connectivity index (χ0v) is 14.0. The summed E-state index contributed by atoms with van der Waals surface area (Å²) in [6.45, 7) is 3.99. The van der Waals surface area contributed by atoms with Crippen molar-refractivity contribution in [3.8, 4) is 0 Å². The van der Waals surface area contributed by atoms with Crippen LogP contribution in [0.15, 0.2) is 30.3 Å². The van der Waals surface area contributed by atoms with Crippen molar-refractivity contribution in [2.75, 3.05) is 13.6 Å². The highest BCUT2D eigenvalue weighted by Crippen LogP contribution is 2.10. The molecule has 1 aromatic rings. The summed E-state index contributed by atoms with van der Waals surface area (Å²) < 4.78 is 5.25. The van der Waals surface area contributed by atoms with Gasteiger partial charge in [-0.2, -0.15) is 0 Å². The summed E-state index contributed by atoms with van der Waals surface area (Å²) in [5.41, 5.74) is 0.445. The van der Waals surface area contributed by atoms with Crippen molar-refractivity contribution in [3.63, 3.8) is 0 Å². The van der Waals surface area contributed by atoms with Gasteiger partial charge in [-0.3, -0.25) is 0 Å². The highest BCUT2D eigenvalue weighted by molar-refractivity contribution is 5.79. The Morgan fingerprint density at radius 1 is 1.26 bits per heavy atom. The lowest BCUT2D eigenvalue weighted by atomic mass is 10.0. The first-order valence-corrected chi connectivity index (χ1v) is 7.75. The maximum Gasteiger partial charge on any atom is 0.408 e. The Labute approximate surface area is 137 Å². The summed E-state index contributed by atoms with van der Waals surface area (Å²) in [7, 11) is 1.76. The number of rotatable bonds is 9. The standard InChI is InChI=1S/C17H26N2O4/c1-17(2,12-18-3)23-16(22)19-14(15(20)21)11-7-10-13-8-5-4-6-9-13/h4-6,8-9,14,18H,7,10-12H2,1-3H3,(H,19,22)(H,20,21). The Balaban J connectivity index is 2.45. The van der Waals surface area contributed by atoms with Gasteiger partial charge in [-0.15, -0.1) is 0 Å². The van der Waals surface area contributed by atoms with Crippen LogP contribution in [0.4, 0.5) is 4.79 Å². The number of aryl methyl sites for hydroxylation is 1. The van der Waals surface area contributed by atoms with Crippen LogP contribution >= 0.6 is 0 Å². The lowest BCUT2D eigenvalue weighted by Gasteiger charge is -2.26. The van der Waals surface area contributed by atoms with Crippen LogP contribution in [0.3, 0.4) is 0 Å². The molecular formula is C17H26N2O4. The predicted molar refractivity (Wildman–Crippen MR) is 88.4 cm³/mol. The summed E-state index contributed by atoms with van der Waals surface area (Å²) in [6, 6.07) is 8.88. The summed E-state index contributed by atoms with van der Waals surface area (Å²) in [5.74, 6) is -1.05. The van der Waals surface area contributed by atoms with Crippen LogP contribution in [-0.2, 0) is 16.0 Å². The maximum absolute atomic E-state index is 11.9. The number of hydrogen-bond acceptors (Lipinski definition) is 4. The van der Waals surface area contributed by atoms with Gasteiger partial charge in [0.15, 0.2) is 0 Å². The van der Waals surface area contributed by atoms with E-state index in [4.69, 9.17) is 4.74 Å². The fourth-order valence-corrected chi connectivity index (χ4v) is 2.30. The summed E-state index contributed by atoms with van der Waals surface area (Å²) in [4.78, 5) is 23.1. The van der Waals surface area contributed by atoms with Gasteiger partial charge in [0.1, 0.15) is 11.6 Å². The van der Waals surface area contributed by atoms with Crippen molar-refractivity contribution >= 4 is 12.1 Å². The first-order valence-electron chi connectivity index (χ1n) is 7.75. The molecule has 0 saturated carbocycles. The molecule has 0 saturated heterocycles. The number of aliphatic carboxylic acids is 1. The number of benzene rings is 1. The molecule has 1 unspecified atom stereocenters. The molecule has 1 rings (SSSR count). The van der Waals surface area contributed by atoms with Gasteiger partial charge in [0.2, 0.25) is 0 Å². The van der Waals surface area contributed by atoms with Crippen LogP contribution < -0.4 is 10.6 Å². The number of carbonyl (C=O) groups excluding carboxylic acids is 1. The number of ether oxygens (including phenoxy) is 1. The number of hydrogen-bond donors (Lipinski definition) is 3. The highest BCUT2D eigenvalue weighted by atomic mass is 16.6. The van der Waals surface area contributed by atoms with E-state index in [1.54, 1.807) is 20.9 Å². The van der Waals surface area contributed by atoms with Crippen molar-refractivity contribution in [3.05, 3.63) is 35.9 Å². The van der Waals surface area contributed by atoms with Gasteiger partial charge in [-0.1, -0.05) is 30.3 Å². The first kappa shape index (κ1) is 19.0. The van der Waals surface area contributed by atoms with Crippen molar-refractivity contribution < 1.29 is 19.4 Å². The topological polar surface area (TPSA) is 87.7 Å². The third-order valence-electron chi connectivity index (χ3n) is 3.36. The average Bonchev–Trinajstić information content (AvgIpc) is 2.46. The van der Waals surface area contributed by atoms with E-state index in [1.807, 2.05) is 30.3 Å². The van der Waals surface area contributed by atoms with Gasteiger partial charge >= 0.3 is 12.1 Å². The van der Waals surface area contributed by atoms with Crippen LogP contribution in [0.25, 0.3) is 0 Å². The molecule has 0 aromatic heterocycles. The number of nitrogens with one attached hydrogen (secondary N) is 2. The third-order valence-corrected chi connectivity index (χ3v) is 3.36. The summed E-state index contributed by atoms with van der Waals surface area (Å²) >= 11 is 0. The minimum absolute atomic E-state index is 0.353. The van der Waals surface area contributed by atoms with E-state index >= 15 is 0 Å². The van der Waals surface area contributed by atoms with Crippen LogP contribution in [0.1, 0.15) is 32.3 Å². The molecule has 6 heteroatoms. The smallest absolute Gasteiger partial charge is 0.408 e. The van der Waals surface area contributed by atoms with Gasteiger partial charge < -0.3 is 20.5 Å². The third kappa shape index (κ3) is 7.65. The molecule has 0 aliphatic heterocycles. The van der Waals surface area contributed by atoms with Crippen LogP contribution in [-0.4, -0.2) is 42.4 Å². The van der Waals surface area contributed by atoms with E-state index < -0.39 is 23.7 Å². The number of carboxylic acid groups (broad SMARTS) is 1. The Hall–Kier alpha value is -2.08. The van der Waals surface area contributed by atoms with Crippen molar-refractivity contribution in [2.24, 2.45) is 0 Å². The highest BCUT2D eigenvalue weighted by Gasteiger charge is 2.26. The molecule has 0 aliphatic carbocycles. The van der Waals surface area contributed by atoms with E-state index in [-0.39, 0.29) is 0 Å².